The summed E-state index contributed by atoms with van der Waals surface area (Å²) < 4.78 is 0. The molecule has 3 rings (SSSR count). The van der Waals surface area contributed by atoms with E-state index < -0.39 is 11.7 Å². The molecule has 2 saturated heterocycles. The van der Waals surface area contributed by atoms with Crippen molar-refractivity contribution in [2.45, 2.75) is 38.4 Å². The molecule has 26 heavy (non-hydrogen) atoms. The summed E-state index contributed by atoms with van der Waals surface area (Å²) in [6.45, 7) is 8.64. The van der Waals surface area contributed by atoms with Crippen molar-refractivity contribution in [2.75, 3.05) is 50.7 Å². The first-order chi connectivity index (χ1) is 12.4. The molecule has 2 atom stereocenters. The molecule has 0 radical (unpaired) electrons. The number of piperazine rings is 1. The maximum Gasteiger partial charge on any atom is 0.236 e. The monoisotopic (exact) mass is 361 g/mol. The molecule has 0 aromatic heterocycles. The van der Waals surface area contributed by atoms with Crippen molar-refractivity contribution in [3.63, 3.8) is 0 Å². The van der Waals surface area contributed by atoms with Gasteiger partial charge in [-0.3, -0.25) is 9.69 Å². The van der Waals surface area contributed by atoms with E-state index in [1.54, 1.807) is 4.90 Å². The average molecular weight is 361 g/mol. The Kier molecular flexibility index (Phi) is 5.85. The third-order valence-corrected chi connectivity index (χ3v) is 5.89. The Balaban J connectivity index is 1.48. The summed E-state index contributed by atoms with van der Waals surface area (Å²) in [6, 6.07) is 8.52. The number of aliphatic hydroxyl groups is 2. The molecule has 0 aliphatic carbocycles. The normalized spacial score (nSPS) is 27.6. The summed E-state index contributed by atoms with van der Waals surface area (Å²) in [7, 11) is 0. The number of aliphatic hydroxyl groups excluding tert-OH is 1. The lowest BCUT2D eigenvalue weighted by Crippen LogP contribution is -2.58. The van der Waals surface area contributed by atoms with Crippen molar-refractivity contribution in [2.24, 2.45) is 0 Å². The molecule has 2 fully saturated rings. The van der Waals surface area contributed by atoms with Gasteiger partial charge in [0.25, 0.3) is 0 Å². The van der Waals surface area contributed by atoms with E-state index in [1.807, 2.05) is 6.92 Å². The van der Waals surface area contributed by atoms with E-state index in [2.05, 4.69) is 41.0 Å². The highest BCUT2D eigenvalue weighted by atomic mass is 16.3. The van der Waals surface area contributed by atoms with Crippen LogP contribution < -0.4 is 4.90 Å². The molecule has 1 amide bonds. The van der Waals surface area contributed by atoms with Crippen molar-refractivity contribution in [1.29, 1.82) is 0 Å². The summed E-state index contributed by atoms with van der Waals surface area (Å²) >= 11 is 0. The third kappa shape index (κ3) is 4.19. The number of hydrogen-bond donors (Lipinski definition) is 2. The highest BCUT2D eigenvalue weighted by Crippen LogP contribution is 2.26. The number of β-amino-alcohol motifs (C(OH)–C–C–N with tert-alkyl or cyclic N) is 1. The van der Waals surface area contributed by atoms with Gasteiger partial charge in [0, 0.05) is 45.0 Å². The number of nitrogens with zero attached hydrogens (tertiary/aromatic N) is 3. The number of hydrogen-bond acceptors (Lipinski definition) is 5. The van der Waals surface area contributed by atoms with E-state index in [-0.39, 0.29) is 12.5 Å². The Hall–Kier alpha value is -1.63. The standard InChI is InChI=1S/C20H31N3O3/c1-3-20(26)7-8-23(14-18(20)24)19(25)15-21-9-11-22(12-10-21)17-6-4-5-16(2)13-17/h4-6,13,18,24,26H,3,7-12,14-15H2,1-2H3/t18-,20-/m1/s1. The van der Waals surface area contributed by atoms with E-state index in [0.29, 0.717) is 25.9 Å². The van der Waals surface area contributed by atoms with Crippen molar-refractivity contribution < 1.29 is 15.0 Å². The van der Waals surface area contributed by atoms with Gasteiger partial charge < -0.3 is 20.0 Å². The molecule has 1 aromatic carbocycles. The quantitative estimate of drug-likeness (QED) is 0.832. The second kappa shape index (κ2) is 7.94. The van der Waals surface area contributed by atoms with Crippen LogP contribution in [0.4, 0.5) is 5.69 Å². The van der Waals surface area contributed by atoms with E-state index >= 15 is 0 Å². The smallest absolute Gasteiger partial charge is 0.236 e. The SMILES string of the molecule is CC[C@@]1(O)CCN(C(=O)CN2CCN(c3cccc(C)c3)CC2)C[C@H]1O. The van der Waals surface area contributed by atoms with Crippen LogP contribution in [-0.2, 0) is 4.79 Å². The Morgan fingerprint density at radius 3 is 2.58 bits per heavy atom. The molecule has 2 heterocycles. The van der Waals surface area contributed by atoms with Crippen LogP contribution >= 0.6 is 0 Å². The zero-order chi connectivity index (χ0) is 18.7. The topological polar surface area (TPSA) is 67.2 Å². The number of carbonyl (C=O) groups is 1. The van der Waals surface area contributed by atoms with Crippen LogP contribution in [0, 0.1) is 6.92 Å². The first-order valence-electron chi connectivity index (χ1n) is 9.63. The highest BCUT2D eigenvalue weighted by Gasteiger charge is 2.40. The molecular formula is C20H31N3O3. The van der Waals surface area contributed by atoms with Crippen molar-refractivity contribution in [1.82, 2.24) is 9.80 Å². The van der Waals surface area contributed by atoms with Gasteiger partial charge in [0.1, 0.15) is 6.10 Å². The highest BCUT2D eigenvalue weighted by molar-refractivity contribution is 5.78. The third-order valence-electron chi connectivity index (χ3n) is 5.89. The largest absolute Gasteiger partial charge is 0.388 e. The number of aryl methyl sites for hydroxylation is 1. The molecule has 0 unspecified atom stereocenters. The number of piperidine rings is 1. The summed E-state index contributed by atoms with van der Waals surface area (Å²) in [4.78, 5) is 18.8. The summed E-state index contributed by atoms with van der Waals surface area (Å²) in [6.07, 6.45) is 0.0950. The minimum Gasteiger partial charge on any atom is -0.388 e. The predicted octanol–water partition coefficient (Wildman–Crippen LogP) is 0.851. The van der Waals surface area contributed by atoms with Crippen LogP contribution in [-0.4, -0.2) is 83.4 Å². The van der Waals surface area contributed by atoms with Gasteiger partial charge in [0.2, 0.25) is 5.91 Å². The van der Waals surface area contributed by atoms with Gasteiger partial charge in [-0.05, 0) is 37.5 Å². The van der Waals surface area contributed by atoms with E-state index in [0.717, 1.165) is 26.2 Å². The van der Waals surface area contributed by atoms with Crippen LogP contribution in [0.5, 0.6) is 0 Å². The lowest BCUT2D eigenvalue weighted by molar-refractivity contribution is -0.150. The van der Waals surface area contributed by atoms with Gasteiger partial charge in [0.05, 0.1) is 12.1 Å². The fraction of sp³-hybridized carbons (Fsp3) is 0.650. The predicted molar refractivity (Wildman–Crippen MR) is 102 cm³/mol. The molecule has 0 spiro atoms. The average Bonchev–Trinajstić information content (AvgIpc) is 2.64. The van der Waals surface area contributed by atoms with Gasteiger partial charge in [-0.1, -0.05) is 19.1 Å². The number of benzene rings is 1. The second-order valence-corrected chi connectivity index (χ2v) is 7.66. The minimum absolute atomic E-state index is 0.0474. The zero-order valence-electron chi connectivity index (χ0n) is 15.9. The van der Waals surface area contributed by atoms with Crippen LogP contribution in [0.15, 0.2) is 24.3 Å². The van der Waals surface area contributed by atoms with Crippen molar-refractivity contribution in [3.05, 3.63) is 29.8 Å². The van der Waals surface area contributed by atoms with Crippen molar-refractivity contribution in [3.8, 4) is 0 Å². The van der Waals surface area contributed by atoms with E-state index in [9.17, 15) is 15.0 Å². The number of amides is 1. The van der Waals surface area contributed by atoms with Crippen LogP contribution in [0.1, 0.15) is 25.3 Å². The molecule has 2 aliphatic heterocycles. The summed E-state index contributed by atoms with van der Waals surface area (Å²) in [5.74, 6) is 0.0474. The van der Waals surface area contributed by atoms with Gasteiger partial charge in [-0.25, -0.2) is 0 Å². The first-order valence-corrected chi connectivity index (χ1v) is 9.63. The summed E-state index contributed by atoms with van der Waals surface area (Å²) in [5, 5.41) is 20.5. The fourth-order valence-electron chi connectivity index (χ4n) is 3.88. The molecule has 0 saturated carbocycles. The molecule has 0 bridgehead atoms. The van der Waals surface area contributed by atoms with Crippen LogP contribution in [0.2, 0.25) is 0 Å². The second-order valence-electron chi connectivity index (χ2n) is 7.66. The van der Waals surface area contributed by atoms with E-state index in [1.165, 1.54) is 11.3 Å². The minimum atomic E-state index is -1.05. The molecule has 2 N–H and O–H groups in total. The number of likely N-dealkylation sites (tertiary alicyclic amines) is 1. The van der Waals surface area contributed by atoms with Crippen LogP contribution in [0.3, 0.4) is 0 Å². The Morgan fingerprint density at radius 2 is 1.96 bits per heavy atom. The van der Waals surface area contributed by atoms with Gasteiger partial charge in [-0.15, -0.1) is 0 Å². The van der Waals surface area contributed by atoms with Gasteiger partial charge >= 0.3 is 0 Å². The fourth-order valence-corrected chi connectivity index (χ4v) is 3.88. The van der Waals surface area contributed by atoms with Crippen LogP contribution in [0.25, 0.3) is 0 Å². The Bertz CT molecular complexity index is 630. The van der Waals surface area contributed by atoms with Gasteiger partial charge in [0.15, 0.2) is 0 Å². The molecule has 2 aliphatic rings. The molecule has 6 heteroatoms. The molecular weight excluding hydrogens is 330 g/mol. The van der Waals surface area contributed by atoms with Gasteiger partial charge in [-0.2, -0.15) is 0 Å². The molecule has 1 aromatic rings. The first kappa shape index (κ1) is 19.1. The number of rotatable bonds is 4. The zero-order valence-corrected chi connectivity index (χ0v) is 15.9. The maximum atomic E-state index is 12.6. The lowest BCUT2D eigenvalue weighted by atomic mass is 9.86. The number of anilines is 1. The maximum absolute atomic E-state index is 12.6. The number of carbonyl (C=O) groups excluding carboxylic acids is 1. The Labute approximate surface area is 156 Å². The summed E-state index contributed by atoms with van der Waals surface area (Å²) in [5.41, 5.74) is 1.46. The molecule has 6 nitrogen and oxygen atoms in total. The van der Waals surface area contributed by atoms with Crippen molar-refractivity contribution >= 4 is 11.6 Å². The van der Waals surface area contributed by atoms with E-state index in [4.69, 9.17) is 0 Å². The molecule has 144 valence electrons. The Morgan fingerprint density at radius 1 is 1.23 bits per heavy atom. The lowest BCUT2D eigenvalue weighted by Gasteiger charge is -2.42.